The maximum Gasteiger partial charge on any atom is 0.224 e. The van der Waals surface area contributed by atoms with Crippen LogP contribution in [0.4, 0.5) is 0 Å². The van der Waals surface area contributed by atoms with E-state index in [2.05, 4.69) is 5.32 Å². The molecule has 0 bridgehead atoms. The van der Waals surface area contributed by atoms with Crippen LogP contribution in [0, 0.1) is 6.92 Å². The van der Waals surface area contributed by atoms with Crippen LogP contribution >= 0.6 is 11.6 Å². The number of hydrogen-bond donors (Lipinski definition) is 2. The number of para-hydroxylation sites is 1. The lowest BCUT2D eigenvalue weighted by Gasteiger charge is -2.11. The number of aromatic hydroxyl groups is 1. The summed E-state index contributed by atoms with van der Waals surface area (Å²) in [6, 6.07) is 12.6. The zero-order chi connectivity index (χ0) is 17.3. The zero-order valence-corrected chi connectivity index (χ0v) is 14.2. The lowest BCUT2D eigenvalue weighted by molar-refractivity contribution is -0.119. The fourth-order valence-corrected chi connectivity index (χ4v) is 2.90. The zero-order valence-electron chi connectivity index (χ0n) is 13.4. The van der Waals surface area contributed by atoms with Crippen molar-refractivity contribution < 1.29 is 9.90 Å². The lowest BCUT2D eigenvalue weighted by Crippen LogP contribution is -2.20. The van der Waals surface area contributed by atoms with Gasteiger partial charge in [-0.2, -0.15) is 0 Å². The Hall–Kier alpha value is -2.59. The average molecular weight is 341 g/mol. The largest absolute Gasteiger partial charge is 0.507 e. The third kappa shape index (κ3) is 3.05. The summed E-state index contributed by atoms with van der Waals surface area (Å²) in [6.07, 6.45) is 0.255. The molecule has 0 aliphatic heterocycles. The number of rotatable bonds is 3. The van der Waals surface area contributed by atoms with Crippen LogP contribution < -0.4 is 5.32 Å². The number of halogens is 1. The van der Waals surface area contributed by atoms with Crippen LogP contribution in [0.3, 0.4) is 0 Å². The van der Waals surface area contributed by atoms with Crippen molar-refractivity contribution in [3.05, 3.63) is 58.6 Å². The van der Waals surface area contributed by atoms with E-state index < -0.39 is 0 Å². The maximum absolute atomic E-state index is 11.8. The molecular formula is C19H17ClN2O2. The molecule has 0 aliphatic carbocycles. The van der Waals surface area contributed by atoms with Crippen molar-refractivity contribution in [1.29, 1.82) is 0 Å². The molecule has 2 N–H and O–H groups in total. The average Bonchev–Trinajstić information content (AvgIpc) is 2.57. The van der Waals surface area contributed by atoms with Gasteiger partial charge in [-0.1, -0.05) is 29.8 Å². The van der Waals surface area contributed by atoms with Crippen LogP contribution in [0.2, 0.25) is 5.02 Å². The van der Waals surface area contributed by atoms with Crippen LogP contribution in [-0.4, -0.2) is 23.0 Å². The van der Waals surface area contributed by atoms with E-state index in [1.807, 2.05) is 31.2 Å². The standard InChI is InChI=1S/C19H17ClN2O2/c1-11-8-16(15-10-13(20)6-7-17(15)23)22-19-12(9-18(24)21-2)4-3-5-14(11)19/h3-8,10,23H,9H2,1-2H3,(H,21,24). The minimum Gasteiger partial charge on any atom is -0.507 e. The number of aryl methyl sites for hydroxylation is 1. The first-order valence-corrected chi connectivity index (χ1v) is 7.96. The summed E-state index contributed by atoms with van der Waals surface area (Å²) in [5.74, 6) is 0.0485. The molecule has 0 fully saturated rings. The molecule has 0 spiro atoms. The molecule has 4 nitrogen and oxygen atoms in total. The Labute approximate surface area is 145 Å². The Morgan fingerprint density at radius 1 is 1.25 bits per heavy atom. The highest BCUT2D eigenvalue weighted by atomic mass is 35.5. The number of phenols is 1. The van der Waals surface area contributed by atoms with Gasteiger partial charge >= 0.3 is 0 Å². The highest BCUT2D eigenvalue weighted by molar-refractivity contribution is 6.31. The number of nitrogens with one attached hydrogen (secondary N) is 1. The summed E-state index contributed by atoms with van der Waals surface area (Å²) in [6.45, 7) is 1.98. The smallest absolute Gasteiger partial charge is 0.224 e. The van der Waals surface area contributed by atoms with Gasteiger partial charge in [-0.25, -0.2) is 4.98 Å². The first-order chi connectivity index (χ1) is 11.5. The summed E-state index contributed by atoms with van der Waals surface area (Å²) in [5.41, 5.74) is 3.83. The molecule has 0 radical (unpaired) electrons. The van der Waals surface area contributed by atoms with E-state index in [1.54, 1.807) is 25.2 Å². The molecule has 3 aromatic rings. The normalized spacial score (nSPS) is 10.8. The van der Waals surface area contributed by atoms with E-state index >= 15 is 0 Å². The molecule has 2 aromatic carbocycles. The number of aromatic nitrogens is 1. The highest BCUT2D eigenvalue weighted by Crippen LogP contribution is 2.33. The van der Waals surface area contributed by atoms with Crippen molar-refractivity contribution in [2.24, 2.45) is 0 Å². The van der Waals surface area contributed by atoms with E-state index in [0.29, 0.717) is 16.3 Å². The molecule has 1 amide bonds. The molecule has 0 atom stereocenters. The minimum atomic E-state index is -0.0713. The quantitative estimate of drug-likeness (QED) is 0.761. The molecule has 3 rings (SSSR count). The molecule has 1 heterocycles. The van der Waals surface area contributed by atoms with Gasteiger partial charge < -0.3 is 10.4 Å². The van der Waals surface area contributed by atoms with Gasteiger partial charge in [0.1, 0.15) is 5.75 Å². The number of carbonyl (C=O) groups is 1. The number of fused-ring (bicyclic) bond motifs is 1. The summed E-state index contributed by atoms with van der Waals surface area (Å²) in [7, 11) is 1.61. The van der Waals surface area contributed by atoms with Crippen molar-refractivity contribution in [2.45, 2.75) is 13.3 Å². The number of carbonyl (C=O) groups excluding carboxylic acids is 1. The van der Waals surface area contributed by atoms with Crippen LogP contribution in [0.15, 0.2) is 42.5 Å². The van der Waals surface area contributed by atoms with Gasteiger partial charge in [0, 0.05) is 23.0 Å². The van der Waals surface area contributed by atoms with E-state index in [4.69, 9.17) is 16.6 Å². The van der Waals surface area contributed by atoms with Gasteiger partial charge in [-0.15, -0.1) is 0 Å². The number of phenolic OH excluding ortho intramolecular Hbond substituents is 1. The monoisotopic (exact) mass is 340 g/mol. The molecule has 122 valence electrons. The van der Waals surface area contributed by atoms with E-state index in [0.717, 1.165) is 22.0 Å². The first kappa shape index (κ1) is 16.3. The molecule has 0 saturated carbocycles. The molecule has 5 heteroatoms. The number of nitrogens with zero attached hydrogens (tertiary/aromatic N) is 1. The second-order valence-electron chi connectivity index (χ2n) is 5.65. The topological polar surface area (TPSA) is 62.2 Å². The van der Waals surface area contributed by atoms with E-state index in [-0.39, 0.29) is 18.1 Å². The Morgan fingerprint density at radius 3 is 2.79 bits per heavy atom. The fourth-order valence-electron chi connectivity index (χ4n) is 2.73. The highest BCUT2D eigenvalue weighted by Gasteiger charge is 2.13. The predicted molar refractivity (Wildman–Crippen MR) is 96.4 cm³/mol. The third-order valence-corrected chi connectivity index (χ3v) is 4.23. The lowest BCUT2D eigenvalue weighted by atomic mass is 10.0. The predicted octanol–water partition coefficient (Wildman–Crippen LogP) is 3.86. The summed E-state index contributed by atoms with van der Waals surface area (Å²) >= 11 is 6.05. The molecule has 0 saturated heterocycles. The van der Waals surface area contributed by atoms with E-state index in [9.17, 15) is 9.90 Å². The Balaban J connectivity index is 2.23. The van der Waals surface area contributed by atoms with Crippen LogP contribution in [0.1, 0.15) is 11.1 Å². The van der Waals surface area contributed by atoms with Gasteiger partial charge in [0.2, 0.25) is 5.91 Å². The number of hydrogen-bond acceptors (Lipinski definition) is 3. The molecule has 0 unspecified atom stereocenters. The van der Waals surface area contributed by atoms with Crippen LogP contribution in [0.5, 0.6) is 5.75 Å². The van der Waals surface area contributed by atoms with Crippen molar-refractivity contribution in [3.63, 3.8) is 0 Å². The second kappa shape index (κ2) is 6.49. The summed E-state index contributed by atoms with van der Waals surface area (Å²) in [4.78, 5) is 16.5. The summed E-state index contributed by atoms with van der Waals surface area (Å²) in [5, 5.41) is 14.3. The van der Waals surface area contributed by atoms with E-state index in [1.165, 1.54) is 0 Å². The minimum absolute atomic E-state index is 0.0713. The van der Waals surface area contributed by atoms with Crippen molar-refractivity contribution in [1.82, 2.24) is 10.3 Å². The van der Waals surface area contributed by atoms with Crippen molar-refractivity contribution in [3.8, 4) is 17.0 Å². The first-order valence-electron chi connectivity index (χ1n) is 7.58. The Bertz CT molecular complexity index is 938. The van der Waals surface area contributed by atoms with Gasteiger partial charge in [-0.05, 0) is 42.3 Å². The van der Waals surface area contributed by atoms with Gasteiger partial charge in [0.05, 0.1) is 17.6 Å². The van der Waals surface area contributed by atoms with Gasteiger partial charge in [-0.3, -0.25) is 4.79 Å². The van der Waals surface area contributed by atoms with Crippen LogP contribution in [-0.2, 0) is 11.2 Å². The Kier molecular flexibility index (Phi) is 4.40. The molecule has 24 heavy (non-hydrogen) atoms. The van der Waals surface area contributed by atoms with Gasteiger partial charge in [0.25, 0.3) is 0 Å². The second-order valence-corrected chi connectivity index (χ2v) is 6.09. The van der Waals surface area contributed by atoms with Crippen molar-refractivity contribution in [2.75, 3.05) is 7.05 Å². The van der Waals surface area contributed by atoms with Gasteiger partial charge in [0.15, 0.2) is 0 Å². The Morgan fingerprint density at radius 2 is 2.04 bits per heavy atom. The number of amides is 1. The summed E-state index contributed by atoms with van der Waals surface area (Å²) < 4.78 is 0. The maximum atomic E-state index is 11.8. The number of benzene rings is 2. The van der Waals surface area contributed by atoms with Crippen LogP contribution in [0.25, 0.3) is 22.2 Å². The third-order valence-electron chi connectivity index (χ3n) is 3.99. The number of pyridine rings is 1. The molecule has 1 aromatic heterocycles. The fraction of sp³-hybridized carbons (Fsp3) is 0.158. The number of likely N-dealkylation sites (N-methyl/N-ethyl adjacent to an activating group) is 1. The molecule has 0 aliphatic rings. The SMILES string of the molecule is CNC(=O)Cc1cccc2c(C)cc(-c3cc(Cl)ccc3O)nc12. The molecular weight excluding hydrogens is 324 g/mol. The van der Waals surface area contributed by atoms with Crippen molar-refractivity contribution >= 4 is 28.4 Å².